The lowest BCUT2D eigenvalue weighted by Crippen LogP contribution is -2.37. The number of nitrogens with zero attached hydrogens (tertiary/aromatic N) is 1. The zero-order valence-electron chi connectivity index (χ0n) is 21.5. The number of hydrogen-bond donors (Lipinski definition) is 2. The Morgan fingerprint density at radius 3 is 2.37 bits per heavy atom. The third kappa shape index (κ3) is 4.72. The van der Waals surface area contributed by atoms with E-state index in [1.54, 1.807) is 72.8 Å². The van der Waals surface area contributed by atoms with Crippen molar-refractivity contribution in [3.63, 3.8) is 0 Å². The second kappa shape index (κ2) is 10.3. The number of sulfonamides is 1. The molecule has 8 nitrogen and oxygen atoms in total. The van der Waals surface area contributed by atoms with E-state index in [9.17, 15) is 27.9 Å². The number of fused-ring (bicyclic) bond motifs is 4. The van der Waals surface area contributed by atoms with Gasteiger partial charge in [0.25, 0.3) is 5.91 Å². The average molecular weight is 587 g/mol. The number of hydrogen-bond acceptors (Lipinski definition) is 5. The van der Waals surface area contributed by atoms with E-state index >= 15 is 0 Å². The molecule has 0 fully saturated rings. The quantitative estimate of drug-likeness (QED) is 0.293. The van der Waals surface area contributed by atoms with Crippen molar-refractivity contribution in [3.8, 4) is 11.1 Å². The zero-order valence-corrected chi connectivity index (χ0v) is 23.1. The van der Waals surface area contributed by atoms with E-state index in [-0.39, 0.29) is 29.3 Å². The maximum atomic E-state index is 13.5. The Balaban J connectivity index is 1.29. The zero-order chi connectivity index (χ0) is 28.9. The van der Waals surface area contributed by atoms with Crippen LogP contribution in [0, 0.1) is 0 Å². The molecule has 41 heavy (non-hydrogen) atoms. The predicted molar refractivity (Wildman–Crippen MR) is 152 cm³/mol. The molecule has 0 bridgehead atoms. The molecule has 206 valence electrons. The van der Waals surface area contributed by atoms with E-state index in [0.717, 1.165) is 5.56 Å². The first-order valence-electron chi connectivity index (χ1n) is 12.8. The van der Waals surface area contributed by atoms with Crippen LogP contribution in [0.1, 0.15) is 49.0 Å². The van der Waals surface area contributed by atoms with Gasteiger partial charge in [-0.15, -0.1) is 0 Å². The molecule has 1 amide bonds. The Kier molecular flexibility index (Phi) is 6.73. The molecule has 0 saturated heterocycles. The number of carbonyl (C=O) groups is 3. The Morgan fingerprint density at radius 1 is 0.878 bits per heavy atom. The van der Waals surface area contributed by atoms with Gasteiger partial charge in [0.05, 0.1) is 4.90 Å². The van der Waals surface area contributed by atoms with Crippen LogP contribution in [0.3, 0.4) is 0 Å². The van der Waals surface area contributed by atoms with Crippen LogP contribution in [0.5, 0.6) is 0 Å². The highest BCUT2D eigenvalue weighted by atomic mass is 35.5. The highest BCUT2D eigenvalue weighted by Gasteiger charge is 2.33. The van der Waals surface area contributed by atoms with E-state index in [1.807, 2.05) is 0 Å². The lowest BCUT2D eigenvalue weighted by atomic mass is 9.95. The maximum absolute atomic E-state index is 13.5. The molecular formula is C31H23ClN2O6S. The molecule has 10 heteroatoms. The molecule has 1 aliphatic heterocycles. The fourth-order valence-corrected chi connectivity index (χ4v) is 7.19. The van der Waals surface area contributed by atoms with Gasteiger partial charge in [-0.25, -0.2) is 13.2 Å². The number of carboxylic acids is 1. The van der Waals surface area contributed by atoms with E-state index in [4.69, 9.17) is 11.6 Å². The van der Waals surface area contributed by atoms with Crippen molar-refractivity contribution in [1.82, 2.24) is 9.62 Å². The summed E-state index contributed by atoms with van der Waals surface area (Å²) < 4.78 is 27.9. The largest absolute Gasteiger partial charge is 0.479 e. The lowest BCUT2D eigenvalue weighted by molar-refractivity contribution is -0.139. The minimum absolute atomic E-state index is 0.0450. The van der Waals surface area contributed by atoms with Crippen molar-refractivity contribution in [2.75, 3.05) is 6.54 Å². The van der Waals surface area contributed by atoms with Gasteiger partial charge in [-0.2, -0.15) is 4.31 Å². The summed E-state index contributed by atoms with van der Waals surface area (Å²) >= 11 is 6.02. The molecule has 1 aliphatic carbocycles. The van der Waals surface area contributed by atoms with Crippen LogP contribution in [0.4, 0.5) is 0 Å². The second-order valence-corrected chi connectivity index (χ2v) is 12.3. The molecule has 0 aromatic heterocycles. The number of benzene rings is 4. The second-order valence-electron chi connectivity index (χ2n) is 9.92. The summed E-state index contributed by atoms with van der Waals surface area (Å²) in [6, 6.07) is 21.5. The molecule has 1 atom stereocenters. The van der Waals surface area contributed by atoms with Crippen LogP contribution in [0.15, 0.2) is 89.8 Å². The third-order valence-corrected chi connectivity index (χ3v) is 9.57. The minimum atomic E-state index is -3.83. The Morgan fingerprint density at radius 2 is 1.61 bits per heavy atom. The van der Waals surface area contributed by atoms with Crippen LogP contribution in [0.25, 0.3) is 11.1 Å². The summed E-state index contributed by atoms with van der Waals surface area (Å²) in [5.41, 5.74) is 4.03. The molecule has 0 spiro atoms. The van der Waals surface area contributed by atoms with Crippen LogP contribution < -0.4 is 5.32 Å². The lowest BCUT2D eigenvalue weighted by Gasteiger charge is -2.29. The predicted octanol–water partition coefficient (Wildman–Crippen LogP) is 4.85. The fourth-order valence-electron chi connectivity index (χ4n) is 5.47. The van der Waals surface area contributed by atoms with Gasteiger partial charge in [0.15, 0.2) is 11.8 Å². The smallest absolute Gasteiger partial charge is 0.330 e. The van der Waals surface area contributed by atoms with Gasteiger partial charge in [0.1, 0.15) is 0 Å². The average Bonchev–Trinajstić information content (AvgIpc) is 3.27. The van der Waals surface area contributed by atoms with Crippen molar-refractivity contribution in [1.29, 1.82) is 0 Å². The first-order valence-corrected chi connectivity index (χ1v) is 14.6. The highest BCUT2D eigenvalue weighted by molar-refractivity contribution is 7.89. The van der Waals surface area contributed by atoms with E-state index in [1.165, 1.54) is 16.4 Å². The Labute approximate surface area is 241 Å². The van der Waals surface area contributed by atoms with Gasteiger partial charge in [-0.3, -0.25) is 9.59 Å². The topological polar surface area (TPSA) is 121 Å². The number of ketones is 1. The molecule has 4 aromatic carbocycles. The third-order valence-electron chi connectivity index (χ3n) is 7.49. The van der Waals surface area contributed by atoms with E-state index < -0.39 is 27.9 Å². The summed E-state index contributed by atoms with van der Waals surface area (Å²) in [5.74, 6) is -2.10. The van der Waals surface area contributed by atoms with Crippen LogP contribution in [-0.2, 0) is 27.8 Å². The number of halogens is 1. The molecule has 0 radical (unpaired) electrons. The maximum Gasteiger partial charge on any atom is 0.330 e. The highest BCUT2D eigenvalue weighted by Crippen LogP contribution is 2.39. The van der Waals surface area contributed by atoms with Gasteiger partial charge in [-0.05, 0) is 52.9 Å². The normalized spacial score (nSPS) is 15.0. The summed E-state index contributed by atoms with van der Waals surface area (Å²) in [4.78, 5) is 38.8. The summed E-state index contributed by atoms with van der Waals surface area (Å²) in [7, 11) is -3.83. The monoisotopic (exact) mass is 586 g/mol. The van der Waals surface area contributed by atoms with Crippen molar-refractivity contribution in [2.45, 2.75) is 23.9 Å². The first kappa shape index (κ1) is 26.9. The van der Waals surface area contributed by atoms with Crippen molar-refractivity contribution in [2.24, 2.45) is 0 Å². The van der Waals surface area contributed by atoms with Crippen LogP contribution in [0.2, 0.25) is 5.02 Å². The summed E-state index contributed by atoms with van der Waals surface area (Å²) in [6.45, 7) is 0.309. The van der Waals surface area contributed by atoms with Gasteiger partial charge >= 0.3 is 5.97 Å². The molecule has 1 unspecified atom stereocenters. The molecule has 1 heterocycles. The summed E-state index contributed by atoms with van der Waals surface area (Å²) in [5, 5.41) is 13.0. The standard InChI is InChI=1S/C31H23ClN2O6S/c32-21-5-3-6-22(16-21)41(39,40)34-14-13-18-11-12-19(15-20(18)17-34)28(31(37)38)33-30(36)26-10-4-9-25-27(26)23-7-1-2-8-24(23)29(25)35/h1-12,15-16,28H,13-14,17H2,(H,33,36)(H,37,38). The SMILES string of the molecule is O=C(NC(C(=O)O)c1ccc2c(c1)CN(S(=O)(=O)c1cccc(Cl)c1)CC2)c1cccc2c1-c1ccccc1C2=O. The first-order chi connectivity index (χ1) is 19.6. The van der Waals surface area contributed by atoms with Gasteiger partial charge in [-0.1, -0.05) is 72.3 Å². The van der Waals surface area contributed by atoms with Crippen LogP contribution in [-0.4, -0.2) is 42.0 Å². The number of rotatable bonds is 6. The Bertz CT molecular complexity index is 1870. The van der Waals surface area contributed by atoms with Crippen molar-refractivity contribution >= 4 is 39.3 Å². The number of nitrogens with one attached hydrogen (secondary N) is 1. The Hall–Kier alpha value is -4.31. The molecule has 0 saturated carbocycles. The number of carbonyl (C=O) groups excluding carboxylic acids is 2. The molecule has 2 N–H and O–H groups in total. The summed E-state index contributed by atoms with van der Waals surface area (Å²) in [6.07, 6.45) is 0.448. The minimum Gasteiger partial charge on any atom is -0.479 e. The number of aliphatic carboxylic acids is 1. The van der Waals surface area contributed by atoms with E-state index in [0.29, 0.717) is 44.8 Å². The van der Waals surface area contributed by atoms with Gasteiger partial charge in [0.2, 0.25) is 10.0 Å². The molecule has 6 rings (SSSR count). The van der Waals surface area contributed by atoms with Crippen molar-refractivity contribution < 1.29 is 27.9 Å². The fraction of sp³-hybridized carbons (Fsp3) is 0.129. The molecule has 2 aliphatic rings. The molecule has 4 aromatic rings. The van der Waals surface area contributed by atoms with E-state index in [2.05, 4.69) is 5.32 Å². The van der Waals surface area contributed by atoms with Crippen LogP contribution >= 0.6 is 11.6 Å². The molecular weight excluding hydrogens is 564 g/mol. The number of amides is 1. The van der Waals surface area contributed by atoms with Gasteiger partial charge in [0, 0.05) is 40.4 Å². The van der Waals surface area contributed by atoms with Crippen molar-refractivity contribution in [3.05, 3.63) is 123 Å². The van der Waals surface area contributed by atoms with Gasteiger partial charge < -0.3 is 10.4 Å². The number of carboxylic acid groups (broad SMARTS) is 1.